The molecule has 0 saturated carbocycles. The molecule has 44 heteroatoms. The van der Waals surface area contributed by atoms with E-state index in [4.69, 9.17) is 12.4 Å². The summed E-state index contributed by atoms with van der Waals surface area (Å²) in [5.41, 5.74) is 0. The zero-order valence-corrected chi connectivity index (χ0v) is 27.6. The topological polar surface area (TPSA) is 9.23 Å². The molecule has 0 aromatic heterocycles. The molecule has 0 fully saturated rings. The van der Waals surface area contributed by atoms with Crippen molar-refractivity contribution in [3.63, 3.8) is 0 Å². The third-order valence-corrected chi connectivity index (χ3v) is 4.94. The van der Waals surface area contributed by atoms with Crippen molar-refractivity contribution in [1.82, 2.24) is 0 Å². The predicted octanol–water partition coefficient (Wildman–Crippen LogP) is -15.5. The molecule has 0 bridgehead atoms. The van der Waals surface area contributed by atoms with Crippen LogP contribution in [-0.4, -0.2) is 296 Å². The molecule has 0 N–H and O–H groups in total. The van der Waals surface area contributed by atoms with Gasteiger partial charge in [0, 0.05) is 0 Å². The summed E-state index contributed by atoms with van der Waals surface area (Å²) in [4.78, 5) is 0. The quantitative estimate of drug-likeness (QED) is 0.0955. The average Bonchev–Trinajstić information content (AvgIpc) is 3.08. The van der Waals surface area contributed by atoms with Crippen LogP contribution in [0.5, 0.6) is 0 Å². The van der Waals surface area contributed by atoms with E-state index in [1.54, 1.807) is 13.7 Å². The van der Waals surface area contributed by atoms with E-state index in [1.165, 1.54) is 6.69 Å². The van der Waals surface area contributed by atoms with Crippen LogP contribution in [0, 0.1) is 0 Å². The summed E-state index contributed by atoms with van der Waals surface area (Å²) in [6.45, 7) is 83.3. The Morgan fingerprint density at radius 2 is 0.447 bits per heavy atom. The summed E-state index contributed by atoms with van der Waals surface area (Å²) in [5, 5.41) is 0. The number of hydrogen-bond donors (Lipinski definition) is 0. The summed E-state index contributed by atoms with van der Waals surface area (Å²) >= 11 is 0. The van der Waals surface area contributed by atoms with Gasteiger partial charge in [0.15, 0.2) is 0 Å². The van der Waals surface area contributed by atoms with E-state index >= 15 is 0 Å². The maximum absolute atomic E-state index is 5.25. The molecule has 0 aromatic carbocycles. The molecule has 0 aliphatic rings. The van der Waals surface area contributed by atoms with E-state index < -0.39 is 0 Å². The van der Waals surface area contributed by atoms with E-state index in [0.29, 0.717) is 0 Å². The number of hydrogen-bond acceptors (Lipinski definition) is 1. The van der Waals surface area contributed by atoms with Crippen molar-refractivity contribution in [2.45, 2.75) is 13.3 Å². The maximum atomic E-state index is 5.25. The second-order valence-electron chi connectivity index (χ2n) is 8.90. The molecule has 2 radical (unpaired) electrons. The third kappa shape index (κ3) is 48.6. The van der Waals surface area contributed by atoms with Crippen molar-refractivity contribution in [2.24, 2.45) is 0 Å². The summed E-state index contributed by atoms with van der Waals surface area (Å²) in [6, 6.07) is 0. The fourth-order valence-electron chi connectivity index (χ4n) is 2.79. The van der Waals surface area contributed by atoms with Gasteiger partial charge in [0.25, 0.3) is 0 Å². The van der Waals surface area contributed by atoms with E-state index in [1.807, 2.05) is 261 Å². The van der Waals surface area contributed by atoms with Crippen LogP contribution in [0.25, 0.3) is 0 Å². The monoisotopic (exact) mass is 532 g/mol. The molecule has 47 heavy (non-hydrogen) atoms. The Morgan fingerprint density at radius 1 is 0.277 bits per heavy atom. The summed E-state index contributed by atoms with van der Waals surface area (Å²) in [7, 11) is 6.96. The van der Waals surface area contributed by atoms with Crippen LogP contribution < -0.4 is 0 Å². The van der Waals surface area contributed by atoms with Gasteiger partial charge >= 0.3 is 314 Å². The van der Waals surface area contributed by atoms with Crippen molar-refractivity contribution >= 4 is 289 Å². The van der Waals surface area contributed by atoms with E-state index in [9.17, 15) is 0 Å². The van der Waals surface area contributed by atoms with Gasteiger partial charge in [0.1, 0.15) is 0 Å². The summed E-state index contributed by atoms with van der Waals surface area (Å²) in [5.74, 6) is 0. The molecule has 0 spiro atoms. The minimum absolute atomic E-state index is 0.757. The van der Waals surface area contributed by atoms with Crippen LogP contribution in [0.15, 0.2) is 0 Å². The van der Waals surface area contributed by atoms with Crippen LogP contribution in [0.2, 0.25) is 0 Å². The van der Waals surface area contributed by atoms with Crippen molar-refractivity contribution < 1.29 is 4.65 Å². The Labute approximate surface area is 311 Å². The minimum atomic E-state index is 0.757. The Kier molecular flexibility index (Phi) is 51.3. The van der Waals surface area contributed by atoms with Crippen LogP contribution in [0.4, 0.5) is 0 Å². The Bertz CT molecular complexity index is 1400. The molecule has 0 atom stereocenters. The zero-order valence-electron chi connectivity index (χ0n) is 27.6. The average molecular weight is 524 g/mol. The normalized spacial score (nSPS) is 7.94. The van der Waals surface area contributed by atoms with E-state index in [2.05, 4.69) is 6.92 Å². The SMILES string of the molecule is [B]B=BB=BB=BB=BB=BB=BB=BB=BB=BB=BB=BB=BB=BB=BB=BB=BB=BB=BB=BB=BB=BOCCC. The van der Waals surface area contributed by atoms with E-state index in [-0.39, 0.29) is 0 Å². The molecule has 0 aliphatic carbocycles. The van der Waals surface area contributed by atoms with Crippen LogP contribution in [0.1, 0.15) is 13.3 Å². The first kappa shape index (κ1) is 49.6. The molecule has 0 unspecified atom stereocenters. The molecule has 0 amide bonds. The zero-order chi connectivity index (χ0) is 33.8. The molecule has 0 aliphatic heterocycles. The van der Waals surface area contributed by atoms with Gasteiger partial charge in [-0.05, 0) is 0 Å². The van der Waals surface area contributed by atoms with Gasteiger partial charge in [0.2, 0.25) is 0 Å². The third-order valence-electron chi connectivity index (χ3n) is 4.94. The van der Waals surface area contributed by atoms with Gasteiger partial charge in [-0.1, -0.05) is 0 Å². The second kappa shape index (κ2) is 48.6. The van der Waals surface area contributed by atoms with Crippen LogP contribution >= 0.6 is 0 Å². The molecule has 154 valence electrons. The Balaban J connectivity index is 4.02. The molecule has 0 aromatic rings. The van der Waals surface area contributed by atoms with Gasteiger partial charge < -0.3 is 0 Å². The molecule has 0 heterocycles. The molecule has 0 saturated heterocycles. The fourth-order valence-corrected chi connectivity index (χ4v) is 2.79. The molecular formula is C3H7B43O. The first-order chi connectivity index (χ1) is 23.4. The van der Waals surface area contributed by atoms with Crippen molar-refractivity contribution in [3.8, 4) is 0 Å². The molecule has 1 nitrogen and oxygen atoms in total. The standard InChI is InChI=1S/C3H7B43O/c1-2-3-47-46-45-44-43-42-41-40-39-38-37-36-35-34-33-32-31-30-29-28-27-26-25-24-23-22-21-20-19-18-17-16-15-14-13-12-11-10-9-8-7-6-5-4/h2-3H2,1H3. The van der Waals surface area contributed by atoms with Crippen molar-refractivity contribution in [3.05, 3.63) is 0 Å². The number of rotatable bonds is 23. The van der Waals surface area contributed by atoms with Gasteiger partial charge in [-0.25, -0.2) is 0 Å². The van der Waals surface area contributed by atoms with Gasteiger partial charge in [-0.2, -0.15) is 0 Å². The first-order valence-electron chi connectivity index (χ1n) is 15.7. The van der Waals surface area contributed by atoms with Crippen molar-refractivity contribution in [1.29, 1.82) is 0 Å². The van der Waals surface area contributed by atoms with Crippen LogP contribution in [-0.2, 0) is 4.65 Å². The Hall–Kier alpha value is 2.59. The van der Waals surface area contributed by atoms with Crippen molar-refractivity contribution in [2.75, 3.05) is 6.61 Å². The van der Waals surface area contributed by atoms with Gasteiger partial charge in [0.05, 0.1) is 0 Å². The van der Waals surface area contributed by atoms with Crippen LogP contribution in [0.3, 0.4) is 0 Å². The first-order valence-corrected chi connectivity index (χ1v) is 15.7. The molecular weight excluding hydrogens is 517 g/mol. The summed E-state index contributed by atoms with van der Waals surface area (Å²) < 4.78 is 5.25. The Morgan fingerprint density at radius 3 is 0.617 bits per heavy atom. The van der Waals surface area contributed by atoms with Gasteiger partial charge in [-0.3, -0.25) is 0 Å². The second-order valence-corrected chi connectivity index (χ2v) is 8.90. The summed E-state index contributed by atoms with van der Waals surface area (Å²) in [6.07, 6.45) is 1.02. The van der Waals surface area contributed by atoms with Gasteiger partial charge in [-0.15, -0.1) is 0 Å². The van der Waals surface area contributed by atoms with E-state index in [0.717, 1.165) is 13.0 Å². The molecule has 0 rings (SSSR count). The predicted molar refractivity (Wildman–Crippen MR) is 264 cm³/mol. The fraction of sp³-hybridized carbons (Fsp3) is 1.00.